The lowest BCUT2D eigenvalue weighted by Crippen LogP contribution is -2.51. The number of nitrogens with zero attached hydrogens (tertiary/aromatic N) is 2. The molecule has 4 nitrogen and oxygen atoms in total. The third-order valence-electron chi connectivity index (χ3n) is 8.54. The smallest absolute Gasteiger partial charge is 0.239 e. The van der Waals surface area contributed by atoms with Crippen LogP contribution in [0.15, 0.2) is 96.0 Å². The molecule has 1 heterocycles. The Morgan fingerprint density at radius 2 is 1.61 bits per heavy atom. The Morgan fingerprint density at radius 1 is 0.868 bits per heavy atom. The summed E-state index contributed by atoms with van der Waals surface area (Å²) in [5, 5.41) is 0.533. The van der Waals surface area contributed by atoms with Crippen LogP contribution in [0.4, 0.5) is 11.4 Å². The first kappa shape index (κ1) is 23.1. The Kier molecular flexibility index (Phi) is 5.01. The molecule has 0 saturated carbocycles. The minimum atomic E-state index is -0.935. The van der Waals surface area contributed by atoms with Crippen LogP contribution in [0.25, 0.3) is 0 Å². The van der Waals surface area contributed by atoms with Gasteiger partial charge in [-0.05, 0) is 59.9 Å². The SMILES string of the molecule is Cc1ccc(N2C(=O)[C@@H]3[C@H]4c5ccc(cc5)[C@@](C=Nc5ccccc5Cl)(c5ccccc54)[C@H]3C2=O)c(C)c1. The highest BCUT2D eigenvalue weighted by atomic mass is 35.5. The van der Waals surface area contributed by atoms with E-state index in [-0.39, 0.29) is 17.7 Å². The number of anilines is 1. The Bertz CT molecular complexity index is 1670. The number of amides is 2. The third-order valence-corrected chi connectivity index (χ3v) is 8.86. The van der Waals surface area contributed by atoms with E-state index in [4.69, 9.17) is 16.6 Å². The number of imide groups is 1. The van der Waals surface area contributed by atoms with Crippen LogP contribution < -0.4 is 4.90 Å². The minimum Gasteiger partial charge on any atom is -0.274 e. The van der Waals surface area contributed by atoms with E-state index < -0.39 is 17.3 Å². The summed E-state index contributed by atoms with van der Waals surface area (Å²) >= 11 is 6.49. The van der Waals surface area contributed by atoms with Gasteiger partial charge in [0.15, 0.2) is 0 Å². The number of hydrogen-bond acceptors (Lipinski definition) is 3. The topological polar surface area (TPSA) is 49.7 Å². The van der Waals surface area contributed by atoms with Crippen molar-refractivity contribution in [2.45, 2.75) is 25.2 Å². The molecule has 5 heteroatoms. The van der Waals surface area contributed by atoms with Gasteiger partial charge >= 0.3 is 0 Å². The average molecular weight is 517 g/mol. The first-order chi connectivity index (χ1) is 18.4. The van der Waals surface area contributed by atoms with E-state index in [2.05, 4.69) is 36.4 Å². The highest BCUT2D eigenvalue weighted by molar-refractivity contribution is 6.33. The molecule has 0 N–H and O–H groups in total. The van der Waals surface area contributed by atoms with Gasteiger partial charge in [-0.1, -0.05) is 90.0 Å². The van der Waals surface area contributed by atoms with Crippen LogP contribution in [0.1, 0.15) is 39.3 Å². The molecule has 6 aliphatic rings. The first-order valence-corrected chi connectivity index (χ1v) is 13.2. The molecule has 2 amide bonds. The summed E-state index contributed by atoms with van der Waals surface area (Å²) in [5.41, 5.74) is 6.43. The number of aliphatic imine (C=N–C) groups is 1. The predicted octanol–water partition coefficient (Wildman–Crippen LogP) is 6.91. The van der Waals surface area contributed by atoms with Crippen LogP contribution in [-0.2, 0) is 15.0 Å². The number of carbonyl (C=O) groups excluding carboxylic acids is 2. The average Bonchev–Trinajstić information content (AvgIpc) is 3.16. The molecule has 4 bridgehead atoms. The number of halogens is 1. The van der Waals surface area contributed by atoms with E-state index in [1.54, 1.807) is 6.07 Å². The van der Waals surface area contributed by atoms with E-state index in [0.29, 0.717) is 16.4 Å². The number of para-hydroxylation sites is 1. The molecule has 5 aliphatic carbocycles. The number of aryl methyl sites for hydroxylation is 2. The van der Waals surface area contributed by atoms with Gasteiger partial charge < -0.3 is 0 Å². The summed E-state index contributed by atoms with van der Waals surface area (Å²) in [5.74, 6) is -1.74. The normalized spacial score (nSPS) is 25.0. The van der Waals surface area contributed by atoms with Gasteiger partial charge in [0.2, 0.25) is 11.8 Å². The Morgan fingerprint density at radius 3 is 2.37 bits per heavy atom. The number of rotatable bonds is 3. The molecular formula is C33H25ClN2O2. The molecule has 0 unspecified atom stereocenters. The Labute approximate surface area is 226 Å². The standard InChI is InChI=1S/C33H25ClN2O2/c1-19-11-16-27(20(2)17-19)36-31(37)29-28-21-12-14-22(15-13-21)33(30(29)32(36)38,24-8-4-3-7-23(24)28)18-35-26-10-6-5-9-25(26)34/h3-18,28-30H,1-2H3/t28-,29+,30+,33-/m0/s1. The van der Waals surface area contributed by atoms with Crippen molar-refractivity contribution in [1.82, 2.24) is 0 Å². The van der Waals surface area contributed by atoms with E-state index in [1.165, 1.54) is 4.90 Å². The van der Waals surface area contributed by atoms with Crippen LogP contribution in [0.5, 0.6) is 0 Å². The fourth-order valence-electron chi connectivity index (χ4n) is 6.95. The molecule has 4 aromatic rings. The maximum absolute atomic E-state index is 14.6. The molecule has 1 fully saturated rings. The van der Waals surface area contributed by atoms with Gasteiger partial charge in [0.25, 0.3) is 0 Å². The van der Waals surface area contributed by atoms with Gasteiger partial charge in [-0.2, -0.15) is 0 Å². The predicted molar refractivity (Wildman–Crippen MR) is 150 cm³/mol. The van der Waals surface area contributed by atoms with Gasteiger partial charge in [0.05, 0.1) is 33.6 Å². The first-order valence-electron chi connectivity index (χ1n) is 12.9. The lowest BCUT2D eigenvalue weighted by Gasteiger charge is -2.48. The highest BCUT2D eigenvalue weighted by Gasteiger charge is 2.65. The summed E-state index contributed by atoms with van der Waals surface area (Å²) in [4.78, 5) is 35.3. The van der Waals surface area contributed by atoms with Gasteiger partial charge in [0.1, 0.15) is 0 Å². The molecule has 0 aromatic heterocycles. The van der Waals surface area contributed by atoms with Crippen LogP contribution in [0, 0.1) is 25.7 Å². The molecule has 0 radical (unpaired) electrons. The third kappa shape index (κ3) is 3.01. The lowest BCUT2D eigenvalue weighted by atomic mass is 9.52. The van der Waals surface area contributed by atoms with Gasteiger partial charge in [-0.3, -0.25) is 14.6 Å². The van der Waals surface area contributed by atoms with Crippen LogP contribution in [-0.4, -0.2) is 18.0 Å². The van der Waals surface area contributed by atoms with Crippen molar-refractivity contribution in [2.24, 2.45) is 16.8 Å². The van der Waals surface area contributed by atoms with E-state index in [9.17, 15) is 9.59 Å². The summed E-state index contributed by atoms with van der Waals surface area (Å²) in [6.07, 6.45) is 1.87. The maximum atomic E-state index is 14.6. The molecule has 4 atom stereocenters. The summed E-state index contributed by atoms with van der Waals surface area (Å²) in [6.45, 7) is 3.97. The van der Waals surface area contributed by atoms with Crippen molar-refractivity contribution in [2.75, 3.05) is 4.90 Å². The quantitative estimate of drug-likeness (QED) is 0.219. The molecule has 1 aliphatic heterocycles. The molecule has 0 spiro atoms. The highest BCUT2D eigenvalue weighted by Crippen LogP contribution is 2.60. The van der Waals surface area contributed by atoms with Gasteiger partial charge in [-0.25, -0.2) is 4.90 Å². The van der Waals surface area contributed by atoms with Gasteiger partial charge in [0, 0.05) is 12.1 Å². The molecule has 10 rings (SSSR count). The monoisotopic (exact) mass is 516 g/mol. The molecule has 1 saturated heterocycles. The number of hydrogen-bond donors (Lipinski definition) is 0. The zero-order valence-corrected chi connectivity index (χ0v) is 21.8. The van der Waals surface area contributed by atoms with Crippen molar-refractivity contribution >= 4 is 41.0 Å². The van der Waals surface area contributed by atoms with Crippen LogP contribution in [0.3, 0.4) is 0 Å². The Hall–Kier alpha value is -4.02. The lowest BCUT2D eigenvalue weighted by molar-refractivity contribution is -0.122. The van der Waals surface area contributed by atoms with Crippen molar-refractivity contribution < 1.29 is 9.59 Å². The fourth-order valence-corrected chi connectivity index (χ4v) is 7.13. The molecule has 4 aromatic carbocycles. The fraction of sp³-hybridized carbons (Fsp3) is 0.182. The summed E-state index contributed by atoms with van der Waals surface area (Å²) < 4.78 is 0. The number of carbonyl (C=O) groups is 2. The zero-order valence-electron chi connectivity index (χ0n) is 21.1. The minimum absolute atomic E-state index is 0.149. The van der Waals surface area contributed by atoms with Crippen molar-refractivity contribution in [3.8, 4) is 0 Å². The maximum Gasteiger partial charge on any atom is 0.239 e. The Balaban J connectivity index is 1.52. The van der Waals surface area contributed by atoms with Crippen LogP contribution in [0.2, 0.25) is 5.02 Å². The second-order valence-electron chi connectivity index (χ2n) is 10.6. The molecule has 186 valence electrons. The molecule has 38 heavy (non-hydrogen) atoms. The van der Waals surface area contributed by atoms with E-state index >= 15 is 0 Å². The van der Waals surface area contributed by atoms with Gasteiger partial charge in [-0.15, -0.1) is 0 Å². The summed E-state index contributed by atoms with van der Waals surface area (Å²) in [7, 11) is 0. The zero-order chi connectivity index (χ0) is 26.2. The second kappa shape index (κ2) is 8.24. The largest absolute Gasteiger partial charge is 0.274 e. The van der Waals surface area contributed by atoms with Crippen molar-refractivity contribution in [3.63, 3.8) is 0 Å². The summed E-state index contributed by atoms with van der Waals surface area (Å²) in [6, 6.07) is 29.9. The van der Waals surface area contributed by atoms with Crippen molar-refractivity contribution in [1.29, 1.82) is 0 Å². The number of benzene rings is 4. The van der Waals surface area contributed by atoms with E-state index in [1.807, 2.05) is 68.6 Å². The second-order valence-corrected chi connectivity index (χ2v) is 11.0. The molecular weight excluding hydrogens is 492 g/mol. The van der Waals surface area contributed by atoms with Crippen LogP contribution >= 0.6 is 11.6 Å². The van der Waals surface area contributed by atoms with E-state index in [0.717, 1.165) is 33.4 Å². The van der Waals surface area contributed by atoms with Crippen molar-refractivity contribution in [3.05, 3.63) is 129 Å².